The van der Waals surface area contributed by atoms with Crippen molar-refractivity contribution < 1.29 is 14.6 Å². The van der Waals surface area contributed by atoms with E-state index in [9.17, 15) is 9.90 Å². The maximum absolute atomic E-state index is 11.9. The summed E-state index contributed by atoms with van der Waals surface area (Å²) >= 11 is 0. The molecule has 4 heteroatoms. The van der Waals surface area contributed by atoms with Crippen LogP contribution in [0.2, 0.25) is 0 Å². The Kier molecular flexibility index (Phi) is 7.09. The fourth-order valence-corrected chi connectivity index (χ4v) is 2.14. The van der Waals surface area contributed by atoms with Gasteiger partial charge in [0, 0.05) is 5.56 Å². The van der Waals surface area contributed by atoms with Crippen LogP contribution in [0.4, 0.5) is 0 Å². The van der Waals surface area contributed by atoms with E-state index < -0.39 is 6.04 Å². The molecule has 0 heterocycles. The van der Waals surface area contributed by atoms with Crippen molar-refractivity contribution in [3.8, 4) is 5.75 Å². The summed E-state index contributed by atoms with van der Waals surface area (Å²) in [6, 6.07) is 4.63. The van der Waals surface area contributed by atoms with Crippen LogP contribution in [0.5, 0.6) is 5.75 Å². The number of nitrogens with one attached hydrogen (secondary N) is 1. The van der Waals surface area contributed by atoms with E-state index in [2.05, 4.69) is 12.2 Å². The van der Waals surface area contributed by atoms with E-state index in [1.807, 2.05) is 19.1 Å². The third-order valence-electron chi connectivity index (χ3n) is 3.31. The average molecular weight is 279 g/mol. The van der Waals surface area contributed by atoms with Crippen LogP contribution in [-0.4, -0.2) is 24.7 Å². The Morgan fingerprint density at radius 3 is 2.75 bits per heavy atom. The maximum Gasteiger partial charge on any atom is 0.327 e. The number of carbonyl (C=O) groups is 1. The molecule has 0 aromatic heterocycles. The molecule has 1 aromatic rings. The molecule has 2 N–H and O–H groups in total. The number of hydrogen-bond acceptors (Lipinski definition) is 4. The minimum Gasteiger partial charge on any atom is -0.508 e. The van der Waals surface area contributed by atoms with Crippen LogP contribution in [0.3, 0.4) is 0 Å². The first-order chi connectivity index (χ1) is 9.60. The van der Waals surface area contributed by atoms with Crippen LogP contribution < -0.4 is 5.32 Å². The van der Waals surface area contributed by atoms with Crippen molar-refractivity contribution in [1.29, 1.82) is 0 Å². The summed E-state index contributed by atoms with van der Waals surface area (Å²) in [4.78, 5) is 11.9. The first kappa shape index (κ1) is 16.5. The predicted octanol–water partition coefficient (Wildman–Crippen LogP) is 3.08. The summed E-state index contributed by atoms with van der Waals surface area (Å²) in [6.45, 7) is 4.82. The van der Waals surface area contributed by atoms with E-state index in [0.717, 1.165) is 24.9 Å². The Morgan fingerprint density at radius 1 is 1.35 bits per heavy atom. The van der Waals surface area contributed by atoms with Crippen molar-refractivity contribution >= 4 is 5.97 Å². The second-order valence-electron chi connectivity index (χ2n) is 5.03. The van der Waals surface area contributed by atoms with Gasteiger partial charge in [0.1, 0.15) is 11.8 Å². The molecule has 1 atom stereocenters. The van der Waals surface area contributed by atoms with Crippen molar-refractivity contribution in [3.63, 3.8) is 0 Å². The molecule has 112 valence electrons. The standard InChI is InChI=1S/C16H25NO3/c1-4-5-6-7-10-17-15(16(19)20-3)13-11-12(2)8-9-14(13)18/h8-9,11,15,17-18H,4-7,10H2,1-3H3. The average Bonchev–Trinajstić information content (AvgIpc) is 2.45. The molecule has 1 rings (SSSR count). The number of phenols is 1. The molecule has 0 saturated carbocycles. The molecule has 4 nitrogen and oxygen atoms in total. The minimum absolute atomic E-state index is 0.118. The van der Waals surface area contributed by atoms with Gasteiger partial charge in [-0.2, -0.15) is 0 Å². The Labute approximate surface area is 121 Å². The van der Waals surface area contributed by atoms with Crippen LogP contribution in [0.1, 0.15) is 49.8 Å². The van der Waals surface area contributed by atoms with Gasteiger partial charge in [0.05, 0.1) is 7.11 Å². The monoisotopic (exact) mass is 279 g/mol. The van der Waals surface area contributed by atoms with Crippen molar-refractivity contribution in [3.05, 3.63) is 29.3 Å². The molecule has 0 fully saturated rings. The van der Waals surface area contributed by atoms with Crippen molar-refractivity contribution in [2.45, 2.75) is 45.6 Å². The molecule has 0 spiro atoms. The zero-order valence-corrected chi connectivity index (χ0v) is 12.6. The Balaban J connectivity index is 2.74. The number of carbonyl (C=O) groups excluding carboxylic acids is 1. The fraction of sp³-hybridized carbons (Fsp3) is 0.562. The van der Waals surface area contributed by atoms with Crippen molar-refractivity contribution in [1.82, 2.24) is 5.32 Å². The molecule has 0 aliphatic rings. The molecule has 20 heavy (non-hydrogen) atoms. The topological polar surface area (TPSA) is 58.6 Å². The van der Waals surface area contributed by atoms with Gasteiger partial charge in [-0.15, -0.1) is 0 Å². The van der Waals surface area contributed by atoms with Crippen LogP contribution in [0.25, 0.3) is 0 Å². The molecule has 0 aliphatic carbocycles. The lowest BCUT2D eigenvalue weighted by Gasteiger charge is -2.18. The van der Waals surface area contributed by atoms with Crippen LogP contribution in [-0.2, 0) is 9.53 Å². The van der Waals surface area contributed by atoms with Crippen molar-refractivity contribution in [2.24, 2.45) is 0 Å². The molecule has 1 aromatic carbocycles. The van der Waals surface area contributed by atoms with Crippen LogP contribution >= 0.6 is 0 Å². The summed E-state index contributed by atoms with van der Waals surface area (Å²) in [6.07, 6.45) is 4.52. The Bertz CT molecular complexity index is 432. The number of benzene rings is 1. The number of hydrogen-bond donors (Lipinski definition) is 2. The lowest BCUT2D eigenvalue weighted by molar-refractivity contribution is -0.143. The number of methoxy groups -OCH3 is 1. The van der Waals surface area contributed by atoms with Gasteiger partial charge in [0.25, 0.3) is 0 Å². The Morgan fingerprint density at radius 2 is 2.10 bits per heavy atom. The second kappa shape index (κ2) is 8.59. The maximum atomic E-state index is 11.9. The van der Waals surface area contributed by atoms with Gasteiger partial charge >= 0.3 is 5.97 Å². The number of aryl methyl sites for hydroxylation is 1. The van der Waals surface area contributed by atoms with Crippen LogP contribution in [0.15, 0.2) is 18.2 Å². The van der Waals surface area contributed by atoms with Gasteiger partial charge in [-0.1, -0.05) is 43.9 Å². The Hall–Kier alpha value is -1.55. The lowest BCUT2D eigenvalue weighted by Crippen LogP contribution is -2.30. The number of unbranched alkanes of at least 4 members (excludes halogenated alkanes) is 3. The van der Waals surface area contributed by atoms with Gasteiger partial charge < -0.3 is 15.2 Å². The zero-order valence-electron chi connectivity index (χ0n) is 12.6. The quantitative estimate of drug-likeness (QED) is 0.567. The molecular weight excluding hydrogens is 254 g/mol. The van der Waals surface area contributed by atoms with Gasteiger partial charge in [0.15, 0.2) is 0 Å². The first-order valence-corrected chi connectivity index (χ1v) is 7.20. The smallest absolute Gasteiger partial charge is 0.327 e. The molecule has 0 amide bonds. The van der Waals surface area contributed by atoms with E-state index in [-0.39, 0.29) is 11.7 Å². The van der Waals surface area contributed by atoms with E-state index in [1.165, 1.54) is 20.0 Å². The van der Waals surface area contributed by atoms with E-state index in [1.54, 1.807) is 6.07 Å². The van der Waals surface area contributed by atoms with Gasteiger partial charge in [-0.3, -0.25) is 0 Å². The molecule has 1 unspecified atom stereocenters. The summed E-state index contributed by atoms with van der Waals surface area (Å²) < 4.78 is 4.83. The third-order valence-corrected chi connectivity index (χ3v) is 3.31. The highest BCUT2D eigenvalue weighted by molar-refractivity contribution is 5.78. The summed E-state index contributed by atoms with van der Waals surface area (Å²) in [7, 11) is 1.36. The number of phenolic OH excluding ortho intramolecular Hbond substituents is 1. The lowest BCUT2D eigenvalue weighted by atomic mass is 10.0. The number of aromatic hydroxyl groups is 1. The second-order valence-corrected chi connectivity index (χ2v) is 5.03. The molecule has 0 saturated heterocycles. The van der Waals surface area contributed by atoms with E-state index >= 15 is 0 Å². The van der Waals surface area contributed by atoms with Crippen molar-refractivity contribution in [2.75, 3.05) is 13.7 Å². The fourth-order valence-electron chi connectivity index (χ4n) is 2.14. The van der Waals surface area contributed by atoms with Gasteiger partial charge in [-0.05, 0) is 26.0 Å². The highest BCUT2D eigenvalue weighted by atomic mass is 16.5. The largest absolute Gasteiger partial charge is 0.508 e. The predicted molar refractivity (Wildman–Crippen MR) is 79.7 cm³/mol. The number of rotatable bonds is 8. The molecule has 0 bridgehead atoms. The zero-order chi connectivity index (χ0) is 15.0. The van der Waals surface area contributed by atoms with E-state index in [4.69, 9.17) is 4.74 Å². The summed E-state index contributed by atoms with van der Waals surface area (Å²) in [5.74, 6) is -0.256. The molecular formula is C16H25NO3. The SMILES string of the molecule is CCCCCCNC(C(=O)OC)c1cc(C)ccc1O. The summed E-state index contributed by atoms with van der Waals surface area (Å²) in [5.41, 5.74) is 1.58. The first-order valence-electron chi connectivity index (χ1n) is 7.20. The minimum atomic E-state index is -0.610. The number of ether oxygens (including phenoxy) is 1. The molecule has 0 radical (unpaired) electrons. The molecule has 0 aliphatic heterocycles. The van der Waals surface area contributed by atoms with Gasteiger partial charge in [-0.25, -0.2) is 4.79 Å². The van der Waals surface area contributed by atoms with Crippen LogP contribution in [0, 0.1) is 6.92 Å². The highest BCUT2D eigenvalue weighted by Crippen LogP contribution is 2.26. The third kappa shape index (κ3) is 4.85. The van der Waals surface area contributed by atoms with Gasteiger partial charge in [0.2, 0.25) is 0 Å². The summed E-state index contributed by atoms with van der Waals surface area (Å²) in [5, 5.41) is 13.1. The normalized spacial score (nSPS) is 12.2. The van der Waals surface area contributed by atoms with E-state index in [0.29, 0.717) is 5.56 Å². The number of esters is 1. The highest BCUT2D eigenvalue weighted by Gasteiger charge is 2.23.